The summed E-state index contributed by atoms with van der Waals surface area (Å²) in [5.41, 5.74) is 0. The molecule has 0 saturated carbocycles. The topological polar surface area (TPSA) is 149 Å². The summed E-state index contributed by atoms with van der Waals surface area (Å²) in [7, 11) is 0. The van der Waals surface area contributed by atoms with Gasteiger partial charge in [0.05, 0.1) is 25.4 Å². The number of carbonyl (C=O) groups excluding carboxylic acids is 1. The van der Waals surface area contributed by atoms with Gasteiger partial charge in [-0.15, -0.1) is 0 Å². The summed E-state index contributed by atoms with van der Waals surface area (Å²) >= 11 is 0. The maximum absolute atomic E-state index is 13.0. The molecule has 0 aromatic rings. The van der Waals surface area contributed by atoms with Gasteiger partial charge in [-0.1, -0.05) is 251 Å². The quantitative estimate of drug-likeness (QED) is 0.0261. The molecule has 0 aliphatic carbocycles. The van der Waals surface area contributed by atoms with E-state index in [9.17, 15) is 30.3 Å². The van der Waals surface area contributed by atoms with Gasteiger partial charge in [0, 0.05) is 6.42 Å². The molecule has 0 bridgehead atoms. The first-order valence-corrected chi connectivity index (χ1v) is 26.9. The highest BCUT2D eigenvalue weighted by molar-refractivity contribution is 5.76. The van der Waals surface area contributed by atoms with Crippen molar-refractivity contribution < 1.29 is 39.8 Å². The minimum Gasteiger partial charge on any atom is -0.394 e. The Morgan fingerprint density at radius 1 is 0.532 bits per heavy atom. The second-order valence-electron chi connectivity index (χ2n) is 19.0. The Morgan fingerprint density at radius 2 is 0.887 bits per heavy atom. The molecule has 0 aromatic heterocycles. The van der Waals surface area contributed by atoms with Crippen molar-refractivity contribution >= 4 is 5.91 Å². The molecule has 0 aromatic carbocycles. The number of aliphatic hydroxyl groups is 5. The van der Waals surface area contributed by atoms with E-state index >= 15 is 0 Å². The van der Waals surface area contributed by atoms with Crippen molar-refractivity contribution in [1.29, 1.82) is 0 Å². The summed E-state index contributed by atoms with van der Waals surface area (Å²) in [6, 6.07) is -0.799. The first-order chi connectivity index (χ1) is 30.3. The van der Waals surface area contributed by atoms with E-state index in [1.54, 1.807) is 6.08 Å². The summed E-state index contributed by atoms with van der Waals surface area (Å²) in [5, 5.41) is 54.3. The number of allylic oxidation sites excluding steroid dienone is 1. The van der Waals surface area contributed by atoms with Crippen molar-refractivity contribution in [2.45, 2.75) is 307 Å². The first-order valence-electron chi connectivity index (χ1n) is 26.9. The highest BCUT2D eigenvalue weighted by Crippen LogP contribution is 2.23. The minimum atomic E-state index is -1.56. The van der Waals surface area contributed by atoms with Crippen molar-refractivity contribution in [3.05, 3.63) is 12.2 Å². The van der Waals surface area contributed by atoms with Crippen LogP contribution in [0.2, 0.25) is 0 Å². The maximum atomic E-state index is 13.0. The smallest absolute Gasteiger partial charge is 0.220 e. The normalized spacial score (nSPS) is 20.3. The summed E-state index contributed by atoms with van der Waals surface area (Å²) in [6.07, 6.45) is 45.6. The zero-order chi connectivity index (χ0) is 45.1. The van der Waals surface area contributed by atoms with Gasteiger partial charge in [-0.05, 0) is 19.3 Å². The molecule has 1 fully saturated rings. The van der Waals surface area contributed by atoms with Crippen LogP contribution >= 0.6 is 0 Å². The number of nitrogens with one attached hydrogen (secondary N) is 1. The third-order valence-corrected chi connectivity index (χ3v) is 13.1. The summed E-state index contributed by atoms with van der Waals surface area (Å²) in [4.78, 5) is 13.0. The lowest BCUT2D eigenvalue weighted by atomic mass is 9.99. The van der Waals surface area contributed by atoms with Crippen LogP contribution in [-0.4, -0.2) is 87.5 Å². The molecule has 1 aliphatic rings. The fourth-order valence-electron chi connectivity index (χ4n) is 8.81. The molecule has 2 unspecified atom stereocenters. The molecule has 1 aliphatic heterocycles. The molecule has 9 nitrogen and oxygen atoms in total. The van der Waals surface area contributed by atoms with E-state index in [1.165, 1.54) is 205 Å². The lowest BCUT2D eigenvalue weighted by Crippen LogP contribution is -2.60. The molecule has 0 spiro atoms. The van der Waals surface area contributed by atoms with Crippen LogP contribution in [0.4, 0.5) is 0 Å². The third kappa shape index (κ3) is 33.4. The van der Waals surface area contributed by atoms with Gasteiger partial charge >= 0.3 is 0 Å². The molecule has 1 saturated heterocycles. The van der Waals surface area contributed by atoms with Crippen LogP contribution in [0.25, 0.3) is 0 Å². The van der Waals surface area contributed by atoms with Gasteiger partial charge in [0.1, 0.15) is 24.4 Å². The van der Waals surface area contributed by atoms with Crippen LogP contribution in [0.3, 0.4) is 0 Å². The average molecular weight is 882 g/mol. The van der Waals surface area contributed by atoms with Crippen LogP contribution in [-0.2, 0) is 14.3 Å². The van der Waals surface area contributed by atoms with Crippen LogP contribution in [0.5, 0.6) is 0 Å². The largest absolute Gasteiger partial charge is 0.394 e. The molecule has 1 heterocycles. The van der Waals surface area contributed by atoms with E-state index in [2.05, 4.69) is 19.2 Å². The van der Waals surface area contributed by atoms with Gasteiger partial charge in [0.2, 0.25) is 5.91 Å². The number of rotatable bonds is 46. The SMILES string of the molecule is CCCCCCCCCCCCC/C=C/[C@@H](O)[C@H](CO[C@@H]1O[C@H](CO)[C@@H](O)C(O)C1O)NC(=O)CCCCCCCCCCCCCCCCCCCCCCCCCCCC. The molecule has 6 N–H and O–H groups in total. The van der Waals surface area contributed by atoms with Crippen LogP contribution in [0, 0.1) is 0 Å². The lowest BCUT2D eigenvalue weighted by Gasteiger charge is -2.40. The Hall–Kier alpha value is -1.07. The van der Waals surface area contributed by atoms with E-state index in [0.29, 0.717) is 6.42 Å². The third-order valence-electron chi connectivity index (χ3n) is 13.1. The van der Waals surface area contributed by atoms with Gasteiger partial charge in [-0.2, -0.15) is 0 Å². The summed E-state index contributed by atoms with van der Waals surface area (Å²) < 4.78 is 11.2. The standard InChI is InChI=1S/C53H103NO8/c1-3-5-7-9-11-13-15-17-18-19-20-21-22-23-24-25-26-27-28-29-31-33-35-37-39-41-43-49(57)54-46(45-61-53-52(60)51(59)50(58)48(44-55)62-53)47(56)42-40-38-36-34-32-30-16-14-12-10-8-6-4-2/h40,42,46-48,50-53,55-56,58-60H,3-39,41,43-45H2,1-2H3,(H,54,57)/b42-40+/t46-,47+,48+,50+,51?,52?,53+/m0/s1. The fraction of sp³-hybridized carbons (Fsp3) is 0.943. The maximum Gasteiger partial charge on any atom is 0.220 e. The molecule has 7 atom stereocenters. The predicted molar refractivity (Wildman–Crippen MR) is 258 cm³/mol. The number of ether oxygens (including phenoxy) is 2. The van der Waals surface area contributed by atoms with Crippen LogP contribution < -0.4 is 5.32 Å². The monoisotopic (exact) mass is 882 g/mol. The van der Waals surface area contributed by atoms with Gasteiger partial charge in [0.15, 0.2) is 6.29 Å². The number of carbonyl (C=O) groups is 1. The Kier molecular flexibility index (Phi) is 41.6. The van der Waals surface area contributed by atoms with E-state index in [4.69, 9.17) is 9.47 Å². The summed E-state index contributed by atoms with van der Waals surface area (Å²) in [6.45, 7) is 3.80. The zero-order valence-electron chi connectivity index (χ0n) is 40.6. The predicted octanol–water partition coefficient (Wildman–Crippen LogP) is 12.5. The van der Waals surface area contributed by atoms with E-state index in [-0.39, 0.29) is 12.5 Å². The second kappa shape index (κ2) is 43.8. The number of hydrogen-bond acceptors (Lipinski definition) is 8. The molecule has 0 radical (unpaired) electrons. The van der Waals surface area contributed by atoms with Crippen LogP contribution in [0.1, 0.15) is 264 Å². The number of hydrogen-bond donors (Lipinski definition) is 6. The number of unbranched alkanes of at least 4 members (excludes halogenated alkanes) is 36. The van der Waals surface area contributed by atoms with Crippen molar-refractivity contribution in [3.63, 3.8) is 0 Å². The van der Waals surface area contributed by atoms with Gasteiger partial charge < -0.3 is 40.3 Å². The minimum absolute atomic E-state index is 0.172. The Morgan fingerprint density at radius 3 is 1.26 bits per heavy atom. The Bertz CT molecular complexity index is 981. The molecule has 9 heteroatoms. The van der Waals surface area contributed by atoms with Crippen molar-refractivity contribution in [1.82, 2.24) is 5.32 Å². The van der Waals surface area contributed by atoms with Crippen molar-refractivity contribution in [3.8, 4) is 0 Å². The average Bonchev–Trinajstić information content (AvgIpc) is 3.27. The lowest BCUT2D eigenvalue weighted by molar-refractivity contribution is -0.302. The van der Waals surface area contributed by atoms with Crippen molar-refractivity contribution in [2.75, 3.05) is 13.2 Å². The van der Waals surface area contributed by atoms with Gasteiger partial charge in [0.25, 0.3) is 0 Å². The molecule has 1 amide bonds. The zero-order valence-corrected chi connectivity index (χ0v) is 40.6. The molecular formula is C53H103NO8. The molecule has 368 valence electrons. The Balaban J connectivity index is 2.18. The molecular weight excluding hydrogens is 779 g/mol. The second-order valence-corrected chi connectivity index (χ2v) is 19.0. The van der Waals surface area contributed by atoms with E-state index in [1.807, 2.05) is 6.08 Å². The molecule has 62 heavy (non-hydrogen) atoms. The highest BCUT2D eigenvalue weighted by Gasteiger charge is 2.44. The van der Waals surface area contributed by atoms with E-state index in [0.717, 1.165) is 38.5 Å². The number of aliphatic hydroxyl groups excluding tert-OH is 5. The fourth-order valence-corrected chi connectivity index (χ4v) is 8.81. The highest BCUT2D eigenvalue weighted by atomic mass is 16.7. The van der Waals surface area contributed by atoms with Gasteiger partial charge in [-0.3, -0.25) is 4.79 Å². The summed E-state index contributed by atoms with van der Waals surface area (Å²) in [5.74, 6) is -0.172. The number of amides is 1. The molecule has 1 rings (SSSR count). The Labute approximate surface area is 382 Å². The van der Waals surface area contributed by atoms with Crippen LogP contribution in [0.15, 0.2) is 12.2 Å². The van der Waals surface area contributed by atoms with E-state index < -0.39 is 49.5 Å². The van der Waals surface area contributed by atoms with Crippen molar-refractivity contribution in [2.24, 2.45) is 0 Å². The first kappa shape index (κ1) is 58.9. The van der Waals surface area contributed by atoms with Gasteiger partial charge in [-0.25, -0.2) is 0 Å².